The minimum Gasteiger partial charge on any atom is -0.355 e. The number of hydrogen-bond donors (Lipinski definition) is 0. The number of hydrogen-bond acceptors (Lipinski definition) is 4. The van der Waals surface area contributed by atoms with Crippen LogP contribution in [0.4, 0.5) is 5.82 Å². The van der Waals surface area contributed by atoms with Crippen molar-refractivity contribution in [3.05, 3.63) is 23.9 Å². The smallest absolute Gasteiger partial charge is 0.159 e. The van der Waals surface area contributed by atoms with Crippen LogP contribution in [0.1, 0.15) is 36.5 Å². The van der Waals surface area contributed by atoms with E-state index in [1.54, 1.807) is 19.2 Å². The number of anilines is 1. The van der Waals surface area contributed by atoms with E-state index in [1.165, 1.54) is 19.3 Å². The fourth-order valence-corrected chi connectivity index (χ4v) is 3.33. The van der Waals surface area contributed by atoms with Crippen molar-refractivity contribution in [3.63, 3.8) is 0 Å². The predicted octanol–water partition coefficient (Wildman–Crippen LogP) is 1.96. The number of pyridine rings is 1. The molecule has 3 heterocycles. The van der Waals surface area contributed by atoms with Gasteiger partial charge in [-0.1, -0.05) is 0 Å². The first kappa shape index (κ1) is 12.6. The van der Waals surface area contributed by atoms with Crippen LogP contribution in [-0.2, 0) is 0 Å². The summed E-state index contributed by atoms with van der Waals surface area (Å²) < 4.78 is 0. The molecule has 2 fully saturated rings. The van der Waals surface area contributed by atoms with Crippen LogP contribution in [0.5, 0.6) is 0 Å². The maximum Gasteiger partial charge on any atom is 0.159 e. The molecule has 0 amide bonds. The van der Waals surface area contributed by atoms with Gasteiger partial charge in [-0.25, -0.2) is 4.98 Å². The quantitative estimate of drug-likeness (QED) is 0.761. The van der Waals surface area contributed by atoms with Crippen LogP contribution in [0.15, 0.2) is 18.3 Å². The minimum absolute atomic E-state index is 0.108. The Morgan fingerprint density at radius 2 is 2.11 bits per heavy atom. The number of ketones is 1. The van der Waals surface area contributed by atoms with Crippen LogP contribution < -0.4 is 4.90 Å². The van der Waals surface area contributed by atoms with Crippen LogP contribution in [0.3, 0.4) is 0 Å². The SMILES string of the molecule is CC(=O)c1ccnc(N2CCC3CCC(C2)N3C)c1. The average Bonchev–Trinajstić information content (AvgIpc) is 2.63. The highest BCUT2D eigenvalue weighted by molar-refractivity contribution is 5.94. The van der Waals surface area contributed by atoms with Crippen molar-refractivity contribution in [2.75, 3.05) is 25.0 Å². The van der Waals surface area contributed by atoms with E-state index < -0.39 is 0 Å². The van der Waals surface area contributed by atoms with Gasteiger partial charge in [0.2, 0.25) is 0 Å². The first-order valence-corrected chi connectivity index (χ1v) is 7.09. The maximum absolute atomic E-state index is 11.5. The van der Waals surface area contributed by atoms with Crippen molar-refractivity contribution in [2.24, 2.45) is 0 Å². The molecule has 1 aromatic heterocycles. The van der Waals surface area contributed by atoms with Gasteiger partial charge in [0.1, 0.15) is 5.82 Å². The summed E-state index contributed by atoms with van der Waals surface area (Å²) in [5.74, 6) is 1.06. The molecule has 0 aromatic carbocycles. The van der Waals surface area contributed by atoms with Gasteiger partial charge >= 0.3 is 0 Å². The largest absolute Gasteiger partial charge is 0.355 e. The average molecular weight is 259 g/mol. The summed E-state index contributed by atoms with van der Waals surface area (Å²) >= 11 is 0. The first-order chi connectivity index (χ1) is 9.15. The summed E-state index contributed by atoms with van der Waals surface area (Å²) in [6.45, 7) is 3.68. The van der Waals surface area contributed by atoms with Gasteiger partial charge in [0.25, 0.3) is 0 Å². The van der Waals surface area contributed by atoms with Crippen molar-refractivity contribution in [1.29, 1.82) is 0 Å². The summed E-state index contributed by atoms with van der Waals surface area (Å²) in [5.41, 5.74) is 0.757. The maximum atomic E-state index is 11.5. The number of rotatable bonds is 2. The molecule has 2 saturated heterocycles. The molecule has 2 bridgehead atoms. The molecule has 102 valence electrons. The molecule has 0 aliphatic carbocycles. The monoisotopic (exact) mass is 259 g/mol. The van der Waals surface area contributed by atoms with Crippen molar-refractivity contribution in [1.82, 2.24) is 9.88 Å². The number of Topliss-reactive ketones (excluding diaryl/α,β-unsaturated/α-hetero) is 1. The summed E-state index contributed by atoms with van der Waals surface area (Å²) in [5, 5.41) is 0. The molecule has 2 aliphatic rings. The minimum atomic E-state index is 0.108. The molecular formula is C15H21N3O. The third-order valence-electron chi connectivity index (χ3n) is 4.62. The van der Waals surface area contributed by atoms with E-state index in [2.05, 4.69) is 21.8 Å². The molecule has 2 unspecified atom stereocenters. The van der Waals surface area contributed by atoms with E-state index in [0.717, 1.165) is 30.5 Å². The van der Waals surface area contributed by atoms with Gasteiger partial charge < -0.3 is 4.90 Å². The molecule has 4 nitrogen and oxygen atoms in total. The van der Waals surface area contributed by atoms with Crippen LogP contribution in [0, 0.1) is 0 Å². The normalized spacial score (nSPS) is 27.4. The highest BCUT2D eigenvalue weighted by Gasteiger charge is 2.34. The Balaban J connectivity index is 1.82. The number of likely N-dealkylation sites (N-methyl/N-ethyl adjacent to an activating group) is 1. The summed E-state index contributed by atoms with van der Waals surface area (Å²) in [7, 11) is 2.24. The lowest BCUT2D eigenvalue weighted by atomic mass is 10.1. The Labute approximate surface area is 114 Å². The standard InChI is InChI=1S/C15H21N3O/c1-11(19)12-5-7-16-15(9-12)18-8-6-13-3-4-14(10-18)17(13)2/h5,7,9,13-14H,3-4,6,8,10H2,1-2H3. The van der Waals surface area contributed by atoms with Gasteiger partial charge in [0, 0.05) is 36.9 Å². The Morgan fingerprint density at radius 3 is 2.89 bits per heavy atom. The van der Waals surface area contributed by atoms with Gasteiger partial charge in [-0.15, -0.1) is 0 Å². The molecule has 2 aliphatic heterocycles. The highest BCUT2D eigenvalue weighted by Crippen LogP contribution is 2.30. The summed E-state index contributed by atoms with van der Waals surface area (Å²) in [4.78, 5) is 20.8. The second-order valence-corrected chi connectivity index (χ2v) is 5.74. The fourth-order valence-electron chi connectivity index (χ4n) is 3.33. The fraction of sp³-hybridized carbons (Fsp3) is 0.600. The lowest BCUT2D eigenvalue weighted by molar-refractivity contribution is 0.101. The van der Waals surface area contributed by atoms with E-state index in [4.69, 9.17) is 0 Å². The lowest BCUT2D eigenvalue weighted by Gasteiger charge is -2.26. The van der Waals surface area contributed by atoms with E-state index in [-0.39, 0.29) is 5.78 Å². The second kappa shape index (κ2) is 4.93. The molecular weight excluding hydrogens is 238 g/mol. The molecule has 0 radical (unpaired) electrons. The Kier molecular flexibility index (Phi) is 3.27. The molecule has 0 saturated carbocycles. The number of carbonyl (C=O) groups is 1. The van der Waals surface area contributed by atoms with E-state index >= 15 is 0 Å². The molecule has 1 aromatic rings. The Morgan fingerprint density at radius 1 is 1.32 bits per heavy atom. The van der Waals surface area contributed by atoms with E-state index in [1.807, 2.05) is 6.07 Å². The van der Waals surface area contributed by atoms with Gasteiger partial charge in [0.15, 0.2) is 5.78 Å². The molecule has 0 spiro atoms. The predicted molar refractivity (Wildman–Crippen MR) is 75.6 cm³/mol. The van der Waals surface area contributed by atoms with Crippen LogP contribution in [0.2, 0.25) is 0 Å². The molecule has 3 rings (SSSR count). The topological polar surface area (TPSA) is 36.4 Å². The third-order valence-corrected chi connectivity index (χ3v) is 4.62. The molecule has 0 N–H and O–H groups in total. The van der Waals surface area contributed by atoms with E-state index in [0.29, 0.717) is 6.04 Å². The van der Waals surface area contributed by atoms with Gasteiger partial charge in [-0.05, 0) is 45.4 Å². The van der Waals surface area contributed by atoms with Crippen molar-refractivity contribution in [3.8, 4) is 0 Å². The zero-order valence-corrected chi connectivity index (χ0v) is 11.7. The van der Waals surface area contributed by atoms with Gasteiger partial charge in [-0.3, -0.25) is 9.69 Å². The zero-order valence-electron chi connectivity index (χ0n) is 11.7. The third kappa shape index (κ3) is 2.37. The zero-order chi connectivity index (χ0) is 13.4. The summed E-state index contributed by atoms with van der Waals surface area (Å²) in [6, 6.07) is 5.09. The first-order valence-electron chi connectivity index (χ1n) is 7.09. The number of carbonyl (C=O) groups excluding carboxylic acids is 1. The van der Waals surface area contributed by atoms with Gasteiger partial charge in [-0.2, -0.15) is 0 Å². The Hall–Kier alpha value is -1.42. The number of nitrogens with zero attached hydrogens (tertiary/aromatic N) is 3. The van der Waals surface area contributed by atoms with Crippen molar-refractivity contribution < 1.29 is 4.79 Å². The Bertz CT molecular complexity index is 488. The van der Waals surface area contributed by atoms with Crippen LogP contribution >= 0.6 is 0 Å². The molecule has 19 heavy (non-hydrogen) atoms. The van der Waals surface area contributed by atoms with Crippen molar-refractivity contribution in [2.45, 2.75) is 38.3 Å². The van der Waals surface area contributed by atoms with Gasteiger partial charge in [0.05, 0.1) is 0 Å². The second-order valence-electron chi connectivity index (χ2n) is 5.74. The van der Waals surface area contributed by atoms with E-state index in [9.17, 15) is 4.79 Å². The van der Waals surface area contributed by atoms with Crippen LogP contribution in [0.25, 0.3) is 0 Å². The lowest BCUT2D eigenvalue weighted by Crippen LogP contribution is -2.37. The molecule has 4 heteroatoms. The number of aromatic nitrogens is 1. The van der Waals surface area contributed by atoms with Crippen LogP contribution in [-0.4, -0.2) is 47.9 Å². The number of fused-ring (bicyclic) bond motifs is 2. The summed E-state index contributed by atoms with van der Waals surface area (Å²) in [6.07, 6.45) is 5.55. The highest BCUT2D eigenvalue weighted by atomic mass is 16.1. The molecule has 2 atom stereocenters. The van der Waals surface area contributed by atoms with Crippen molar-refractivity contribution >= 4 is 11.6 Å².